The second-order valence-electron chi connectivity index (χ2n) is 5.97. The Morgan fingerprint density at radius 3 is 2.14 bits per heavy atom. The van der Waals surface area contributed by atoms with Crippen molar-refractivity contribution in [3.8, 4) is 0 Å². The van der Waals surface area contributed by atoms with Crippen LogP contribution in [0, 0.1) is 5.92 Å². The fourth-order valence-corrected chi connectivity index (χ4v) is 3.67. The molecule has 0 spiro atoms. The van der Waals surface area contributed by atoms with Crippen molar-refractivity contribution >= 4 is 9.84 Å². The minimum atomic E-state index is -3.10. The molecule has 21 heavy (non-hydrogen) atoms. The second kappa shape index (κ2) is 8.54. The van der Waals surface area contributed by atoms with Gasteiger partial charge in [-0.1, -0.05) is 39.8 Å². The molecule has 0 aliphatic heterocycles. The molecule has 120 valence electrons. The van der Waals surface area contributed by atoms with E-state index in [1.165, 1.54) is 5.56 Å². The first kappa shape index (κ1) is 18.2. The molecule has 1 atom stereocenters. The average Bonchev–Trinajstić information content (AvgIpc) is 2.43. The van der Waals surface area contributed by atoms with E-state index in [1.807, 2.05) is 19.1 Å². The van der Waals surface area contributed by atoms with Gasteiger partial charge in [0.15, 0.2) is 9.84 Å². The van der Waals surface area contributed by atoms with E-state index in [-0.39, 0.29) is 5.75 Å². The van der Waals surface area contributed by atoms with Crippen LogP contribution in [0.25, 0.3) is 0 Å². The maximum absolute atomic E-state index is 12.0. The number of hydrogen-bond donors (Lipinski definition) is 1. The summed E-state index contributed by atoms with van der Waals surface area (Å²) >= 11 is 0. The van der Waals surface area contributed by atoms with Gasteiger partial charge >= 0.3 is 0 Å². The predicted molar refractivity (Wildman–Crippen MR) is 89.4 cm³/mol. The minimum absolute atomic E-state index is 0.221. The largest absolute Gasteiger partial charge is 0.313 e. The van der Waals surface area contributed by atoms with Crippen molar-refractivity contribution in [3.05, 3.63) is 29.8 Å². The number of hydrogen-bond acceptors (Lipinski definition) is 3. The maximum Gasteiger partial charge on any atom is 0.178 e. The van der Waals surface area contributed by atoms with E-state index in [4.69, 9.17) is 0 Å². The van der Waals surface area contributed by atoms with Gasteiger partial charge in [-0.3, -0.25) is 0 Å². The standard InChI is InChI=1S/C17H29NO2S/c1-5-11-18-17(14(3)4)13-15-7-9-16(10-8-15)21(19,20)12-6-2/h7-10,14,17-18H,5-6,11-13H2,1-4H3. The molecule has 0 heterocycles. The van der Waals surface area contributed by atoms with Gasteiger partial charge in [-0.05, 0) is 49.4 Å². The van der Waals surface area contributed by atoms with E-state index in [9.17, 15) is 8.42 Å². The molecule has 0 fully saturated rings. The third kappa shape index (κ3) is 5.79. The third-order valence-electron chi connectivity index (χ3n) is 3.67. The number of rotatable bonds is 9. The van der Waals surface area contributed by atoms with E-state index >= 15 is 0 Å². The monoisotopic (exact) mass is 311 g/mol. The summed E-state index contributed by atoms with van der Waals surface area (Å²) in [5, 5.41) is 3.56. The zero-order valence-electron chi connectivity index (χ0n) is 13.7. The smallest absolute Gasteiger partial charge is 0.178 e. The lowest BCUT2D eigenvalue weighted by molar-refractivity contribution is 0.397. The Kier molecular flexibility index (Phi) is 7.40. The van der Waals surface area contributed by atoms with Gasteiger partial charge in [0.25, 0.3) is 0 Å². The Morgan fingerprint density at radius 2 is 1.67 bits per heavy atom. The summed E-state index contributed by atoms with van der Waals surface area (Å²) in [6.07, 6.45) is 2.71. The van der Waals surface area contributed by atoms with E-state index < -0.39 is 9.84 Å². The van der Waals surface area contributed by atoms with Crippen LogP contribution in [0.3, 0.4) is 0 Å². The summed E-state index contributed by atoms with van der Waals surface area (Å²) in [5.74, 6) is 0.777. The molecule has 0 aliphatic carbocycles. The fourth-order valence-electron chi connectivity index (χ4n) is 2.35. The molecule has 4 heteroatoms. The number of benzene rings is 1. The normalized spacial score (nSPS) is 13.6. The van der Waals surface area contributed by atoms with Crippen molar-refractivity contribution in [1.82, 2.24) is 5.32 Å². The molecular formula is C17H29NO2S. The first-order valence-corrected chi connectivity index (χ1v) is 9.61. The molecular weight excluding hydrogens is 282 g/mol. The highest BCUT2D eigenvalue weighted by atomic mass is 32.2. The predicted octanol–water partition coefficient (Wildman–Crippen LogP) is 3.44. The van der Waals surface area contributed by atoms with Gasteiger partial charge in [-0.2, -0.15) is 0 Å². The van der Waals surface area contributed by atoms with E-state index in [1.54, 1.807) is 12.1 Å². The summed E-state index contributed by atoms with van der Waals surface area (Å²) in [5.41, 5.74) is 1.19. The molecule has 1 rings (SSSR count). The van der Waals surface area contributed by atoms with Crippen LogP contribution in [0.1, 0.15) is 46.1 Å². The SMILES string of the molecule is CCCNC(Cc1ccc(S(=O)(=O)CCC)cc1)C(C)C. The molecule has 0 bridgehead atoms. The van der Waals surface area contributed by atoms with Crippen molar-refractivity contribution in [2.45, 2.75) is 57.9 Å². The first-order valence-electron chi connectivity index (χ1n) is 7.95. The molecule has 0 radical (unpaired) electrons. The Hall–Kier alpha value is -0.870. The zero-order valence-corrected chi connectivity index (χ0v) is 14.5. The quantitative estimate of drug-likeness (QED) is 0.760. The molecule has 1 aromatic carbocycles. The Balaban J connectivity index is 2.77. The summed E-state index contributed by atoms with van der Waals surface area (Å²) in [7, 11) is -3.10. The van der Waals surface area contributed by atoms with Crippen LogP contribution in [0.2, 0.25) is 0 Å². The topological polar surface area (TPSA) is 46.2 Å². The number of nitrogens with one attached hydrogen (secondary N) is 1. The molecule has 0 amide bonds. The van der Waals surface area contributed by atoms with E-state index in [2.05, 4.69) is 26.1 Å². The third-order valence-corrected chi connectivity index (χ3v) is 5.61. The van der Waals surface area contributed by atoms with Crippen molar-refractivity contribution in [3.63, 3.8) is 0 Å². The van der Waals surface area contributed by atoms with Crippen LogP contribution in [0.5, 0.6) is 0 Å². The Morgan fingerprint density at radius 1 is 1.05 bits per heavy atom. The van der Waals surface area contributed by atoms with Crippen LogP contribution in [0.4, 0.5) is 0 Å². The van der Waals surface area contributed by atoms with Crippen molar-refractivity contribution in [2.24, 2.45) is 5.92 Å². The molecule has 0 saturated heterocycles. The summed E-state index contributed by atoms with van der Waals surface area (Å²) in [6, 6.07) is 7.83. The summed E-state index contributed by atoms with van der Waals surface area (Å²) < 4.78 is 24.0. The lowest BCUT2D eigenvalue weighted by Crippen LogP contribution is -2.36. The van der Waals surface area contributed by atoms with Crippen LogP contribution in [0.15, 0.2) is 29.2 Å². The average molecular weight is 311 g/mol. The van der Waals surface area contributed by atoms with Crippen molar-refractivity contribution < 1.29 is 8.42 Å². The molecule has 3 nitrogen and oxygen atoms in total. The minimum Gasteiger partial charge on any atom is -0.313 e. The van der Waals surface area contributed by atoms with E-state index in [0.717, 1.165) is 19.4 Å². The van der Waals surface area contributed by atoms with Gasteiger partial charge in [0.1, 0.15) is 0 Å². The molecule has 0 aliphatic rings. The fraction of sp³-hybridized carbons (Fsp3) is 0.647. The Bertz CT molecular complexity index is 506. The maximum atomic E-state index is 12.0. The lowest BCUT2D eigenvalue weighted by Gasteiger charge is -2.22. The molecule has 1 unspecified atom stereocenters. The van der Waals surface area contributed by atoms with Gasteiger partial charge in [0.2, 0.25) is 0 Å². The number of sulfone groups is 1. The molecule has 0 aromatic heterocycles. The van der Waals surface area contributed by atoms with Gasteiger partial charge in [-0.15, -0.1) is 0 Å². The highest BCUT2D eigenvalue weighted by Gasteiger charge is 2.15. The molecule has 1 aromatic rings. The lowest BCUT2D eigenvalue weighted by atomic mass is 9.96. The highest BCUT2D eigenvalue weighted by Crippen LogP contribution is 2.16. The van der Waals surface area contributed by atoms with E-state index in [0.29, 0.717) is 23.3 Å². The van der Waals surface area contributed by atoms with Crippen LogP contribution < -0.4 is 5.32 Å². The zero-order chi connectivity index (χ0) is 15.9. The van der Waals surface area contributed by atoms with Crippen molar-refractivity contribution in [2.75, 3.05) is 12.3 Å². The van der Waals surface area contributed by atoms with Crippen LogP contribution >= 0.6 is 0 Å². The molecule has 0 saturated carbocycles. The molecule has 1 N–H and O–H groups in total. The van der Waals surface area contributed by atoms with Gasteiger partial charge in [0, 0.05) is 6.04 Å². The van der Waals surface area contributed by atoms with Crippen LogP contribution in [-0.4, -0.2) is 26.8 Å². The van der Waals surface area contributed by atoms with Gasteiger partial charge in [-0.25, -0.2) is 8.42 Å². The first-order chi connectivity index (χ1) is 9.90. The second-order valence-corrected chi connectivity index (χ2v) is 8.08. The van der Waals surface area contributed by atoms with Gasteiger partial charge in [0.05, 0.1) is 10.6 Å². The van der Waals surface area contributed by atoms with Gasteiger partial charge < -0.3 is 5.32 Å². The summed E-state index contributed by atoms with van der Waals surface area (Å²) in [6.45, 7) is 9.50. The Labute approximate surface area is 130 Å². The van der Waals surface area contributed by atoms with Crippen molar-refractivity contribution in [1.29, 1.82) is 0 Å². The highest BCUT2D eigenvalue weighted by molar-refractivity contribution is 7.91. The van der Waals surface area contributed by atoms with Crippen LogP contribution in [-0.2, 0) is 16.3 Å². The summed E-state index contributed by atoms with van der Waals surface area (Å²) in [4.78, 5) is 0.440.